The molecule has 1 heterocycles. The van der Waals surface area contributed by atoms with Gasteiger partial charge in [0.05, 0.1) is 26.0 Å². The first-order valence-electron chi connectivity index (χ1n) is 8.19. The second kappa shape index (κ2) is 9.62. The summed E-state index contributed by atoms with van der Waals surface area (Å²) >= 11 is 0. The van der Waals surface area contributed by atoms with E-state index in [0.29, 0.717) is 31.4 Å². The average Bonchev–Trinajstić information content (AvgIpc) is 3.13. The van der Waals surface area contributed by atoms with Crippen LogP contribution in [0, 0.1) is 0 Å². The first kappa shape index (κ1) is 17.9. The van der Waals surface area contributed by atoms with Crippen LogP contribution in [0.15, 0.2) is 52.1 Å². The van der Waals surface area contributed by atoms with E-state index in [2.05, 4.69) is 15.6 Å². The molecule has 3 N–H and O–H groups in total. The highest BCUT2D eigenvalue weighted by Gasteiger charge is 2.11. The molecule has 2 aromatic rings. The number of para-hydroxylation sites is 1. The van der Waals surface area contributed by atoms with Gasteiger partial charge in [-0.3, -0.25) is 0 Å². The number of hydrogen-bond donors (Lipinski definition) is 3. The summed E-state index contributed by atoms with van der Waals surface area (Å²) in [7, 11) is 0. The molecule has 130 valence electrons. The summed E-state index contributed by atoms with van der Waals surface area (Å²) in [6, 6.07) is 11.3. The summed E-state index contributed by atoms with van der Waals surface area (Å²) in [6.45, 7) is 6.11. The largest absolute Gasteiger partial charge is 0.494 e. The number of ether oxygens (including phenoxy) is 1. The molecule has 6 heteroatoms. The minimum atomic E-state index is -0.723. The molecule has 0 spiro atoms. The van der Waals surface area contributed by atoms with Gasteiger partial charge in [-0.2, -0.15) is 0 Å². The summed E-state index contributed by atoms with van der Waals surface area (Å²) in [4.78, 5) is 4.55. The molecule has 1 aromatic heterocycles. The maximum Gasteiger partial charge on any atom is 0.191 e. The zero-order chi connectivity index (χ0) is 17.2. The van der Waals surface area contributed by atoms with Crippen LogP contribution in [0.4, 0.5) is 0 Å². The lowest BCUT2D eigenvalue weighted by molar-refractivity contribution is 0.153. The molecule has 1 aromatic carbocycles. The van der Waals surface area contributed by atoms with Gasteiger partial charge in [0.1, 0.15) is 17.6 Å². The van der Waals surface area contributed by atoms with Crippen molar-refractivity contribution in [2.24, 2.45) is 4.99 Å². The fourth-order valence-corrected chi connectivity index (χ4v) is 2.21. The topological polar surface area (TPSA) is 79.0 Å². The molecule has 0 fully saturated rings. The molecule has 1 unspecified atom stereocenters. The summed E-state index contributed by atoms with van der Waals surface area (Å²) in [6.07, 6.45) is 0.822. The molecule has 2 rings (SSSR count). The predicted octanol–water partition coefficient (Wildman–Crippen LogP) is 2.47. The number of nitrogens with zero attached hydrogens (tertiary/aromatic N) is 1. The third-order valence-corrected chi connectivity index (χ3v) is 3.36. The van der Waals surface area contributed by atoms with Gasteiger partial charge in [-0.05, 0) is 32.0 Å². The number of hydrogen-bond acceptors (Lipinski definition) is 4. The number of rotatable bonds is 8. The monoisotopic (exact) mass is 331 g/mol. The van der Waals surface area contributed by atoms with Crippen molar-refractivity contribution in [1.82, 2.24) is 10.6 Å². The molecule has 1 atom stereocenters. The Kier molecular flexibility index (Phi) is 7.17. The average molecular weight is 331 g/mol. The Labute approximate surface area is 142 Å². The summed E-state index contributed by atoms with van der Waals surface area (Å²) in [5, 5.41) is 16.3. The number of benzene rings is 1. The molecule has 0 radical (unpaired) electrons. The molecule has 0 amide bonds. The third-order valence-electron chi connectivity index (χ3n) is 3.36. The van der Waals surface area contributed by atoms with E-state index in [-0.39, 0.29) is 0 Å². The molecule has 0 aliphatic rings. The summed E-state index contributed by atoms with van der Waals surface area (Å²) in [5.41, 5.74) is 1.02. The lowest BCUT2D eigenvalue weighted by atomic mass is 10.2. The van der Waals surface area contributed by atoms with Crippen LogP contribution >= 0.6 is 0 Å². The van der Waals surface area contributed by atoms with Crippen LogP contribution in [-0.2, 0) is 6.54 Å². The van der Waals surface area contributed by atoms with Crippen molar-refractivity contribution in [3.05, 3.63) is 54.0 Å². The molecule has 24 heavy (non-hydrogen) atoms. The summed E-state index contributed by atoms with van der Waals surface area (Å²) < 4.78 is 10.8. The third kappa shape index (κ3) is 5.31. The zero-order valence-electron chi connectivity index (χ0n) is 14.2. The molecule has 6 nitrogen and oxygen atoms in total. The quantitative estimate of drug-likeness (QED) is 0.511. The first-order chi connectivity index (χ1) is 11.7. The molecule has 0 saturated carbocycles. The van der Waals surface area contributed by atoms with E-state index >= 15 is 0 Å². The van der Waals surface area contributed by atoms with E-state index in [4.69, 9.17) is 9.15 Å². The first-order valence-corrected chi connectivity index (χ1v) is 8.19. The van der Waals surface area contributed by atoms with E-state index in [1.807, 2.05) is 38.1 Å². The van der Waals surface area contributed by atoms with E-state index in [9.17, 15) is 5.11 Å². The predicted molar refractivity (Wildman–Crippen MR) is 94.1 cm³/mol. The number of guanidine groups is 1. The van der Waals surface area contributed by atoms with Gasteiger partial charge in [0.25, 0.3) is 0 Å². The van der Waals surface area contributed by atoms with Gasteiger partial charge in [0, 0.05) is 12.1 Å². The maximum absolute atomic E-state index is 10.1. The van der Waals surface area contributed by atoms with Gasteiger partial charge >= 0.3 is 0 Å². The van der Waals surface area contributed by atoms with Gasteiger partial charge in [-0.1, -0.05) is 18.2 Å². The maximum atomic E-state index is 10.1. The molecule has 0 saturated heterocycles. The van der Waals surface area contributed by atoms with Crippen molar-refractivity contribution < 1.29 is 14.3 Å². The minimum Gasteiger partial charge on any atom is -0.494 e. The van der Waals surface area contributed by atoms with E-state index in [0.717, 1.165) is 17.9 Å². The molecule has 0 aliphatic carbocycles. The highest BCUT2D eigenvalue weighted by molar-refractivity contribution is 5.79. The lowest BCUT2D eigenvalue weighted by Crippen LogP contribution is -2.39. The minimum absolute atomic E-state index is 0.312. The highest BCUT2D eigenvalue weighted by Crippen LogP contribution is 2.18. The normalized spacial score (nSPS) is 12.7. The number of aliphatic hydroxyl groups excluding tert-OH is 1. The summed E-state index contributed by atoms with van der Waals surface area (Å²) in [5.74, 6) is 2.00. The van der Waals surface area contributed by atoms with Crippen LogP contribution in [0.2, 0.25) is 0 Å². The number of aliphatic hydroxyl groups is 1. The smallest absolute Gasteiger partial charge is 0.191 e. The highest BCUT2D eigenvalue weighted by atomic mass is 16.5. The van der Waals surface area contributed by atoms with Gasteiger partial charge in [0.15, 0.2) is 5.96 Å². The van der Waals surface area contributed by atoms with Gasteiger partial charge in [-0.15, -0.1) is 0 Å². The van der Waals surface area contributed by atoms with Crippen molar-refractivity contribution in [3.63, 3.8) is 0 Å². The Hall–Kier alpha value is -2.47. The van der Waals surface area contributed by atoms with Gasteiger partial charge < -0.3 is 24.9 Å². The molecular weight excluding hydrogens is 306 g/mol. The Balaban J connectivity index is 1.97. The van der Waals surface area contributed by atoms with Crippen LogP contribution in [0.25, 0.3) is 0 Å². The Morgan fingerprint density at radius 1 is 1.21 bits per heavy atom. The van der Waals surface area contributed by atoms with Crippen LogP contribution in [0.1, 0.15) is 31.3 Å². The van der Waals surface area contributed by atoms with Crippen LogP contribution in [0.3, 0.4) is 0 Å². The van der Waals surface area contributed by atoms with Crippen molar-refractivity contribution in [1.29, 1.82) is 0 Å². The van der Waals surface area contributed by atoms with Crippen molar-refractivity contribution in [2.45, 2.75) is 26.5 Å². The number of furan rings is 1. The fourth-order valence-electron chi connectivity index (χ4n) is 2.21. The molecule has 0 bridgehead atoms. The standard InChI is InChI=1S/C18H25N3O3/c1-3-19-18(21-13-15(22)17-10-7-11-24-17)20-12-14-8-5-6-9-16(14)23-4-2/h5-11,15,22H,3-4,12-13H2,1-2H3,(H2,19,20,21). The zero-order valence-corrected chi connectivity index (χ0v) is 14.2. The van der Waals surface area contributed by atoms with Crippen molar-refractivity contribution in [2.75, 3.05) is 19.7 Å². The Morgan fingerprint density at radius 2 is 2.04 bits per heavy atom. The van der Waals surface area contributed by atoms with Crippen molar-refractivity contribution in [3.8, 4) is 5.75 Å². The van der Waals surface area contributed by atoms with Crippen LogP contribution in [0.5, 0.6) is 5.75 Å². The molecular formula is C18H25N3O3. The number of aliphatic imine (C=N–C) groups is 1. The van der Waals surface area contributed by atoms with Gasteiger partial charge in [-0.25, -0.2) is 4.99 Å². The Bertz CT molecular complexity index is 626. The fraction of sp³-hybridized carbons (Fsp3) is 0.389. The van der Waals surface area contributed by atoms with E-state index in [1.54, 1.807) is 18.4 Å². The van der Waals surface area contributed by atoms with Crippen molar-refractivity contribution >= 4 is 5.96 Å². The second-order valence-electron chi connectivity index (χ2n) is 5.15. The molecule has 0 aliphatic heterocycles. The Morgan fingerprint density at radius 3 is 2.75 bits per heavy atom. The van der Waals surface area contributed by atoms with Crippen LogP contribution in [-0.4, -0.2) is 30.8 Å². The van der Waals surface area contributed by atoms with E-state index in [1.165, 1.54) is 0 Å². The SMILES string of the molecule is CCNC(=NCc1ccccc1OCC)NCC(O)c1ccco1. The van der Waals surface area contributed by atoms with E-state index < -0.39 is 6.10 Å². The lowest BCUT2D eigenvalue weighted by Gasteiger charge is -2.14. The number of nitrogens with one attached hydrogen (secondary N) is 2. The van der Waals surface area contributed by atoms with Crippen LogP contribution < -0.4 is 15.4 Å². The van der Waals surface area contributed by atoms with Gasteiger partial charge in [0.2, 0.25) is 0 Å². The second-order valence-corrected chi connectivity index (χ2v) is 5.15.